The van der Waals surface area contributed by atoms with Gasteiger partial charge in [-0.15, -0.1) is 0 Å². The zero-order valence-electron chi connectivity index (χ0n) is 11.6. The van der Waals surface area contributed by atoms with Crippen LogP contribution in [0.25, 0.3) is 0 Å². The Kier molecular flexibility index (Phi) is 5.19. The van der Waals surface area contributed by atoms with Crippen molar-refractivity contribution in [2.24, 2.45) is 16.3 Å². The highest BCUT2D eigenvalue weighted by molar-refractivity contribution is 6.06. The van der Waals surface area contributed by atoms with Crippen LogP contribution in [0.3, 0.4) is 0 Å². The summed E-state index contributed by atoms with van der Waals surface area (Å²) in [5, 5.41) is 14.9. The van der Waals surface area contributed by atoms with Gasteiger partial charge in [0, 0.05) is 26.4 Å². The largest absolute Gasteiger partial charge is 0.409 e. The number of nitrogens with two attached hydrogens (primary N) is 1. The summed E-state index contributed by atoms with van der Waals surface area (Å²) in [6, 6.07) is 0. The number of amides is 1. The second kappa shape index (κ2) is 6.90. The molecule has 1 unspecified atom stereocenters. The number of carbonyl (C=O) groups is 1. The molecule has 114 valence electrons. The number of ether oxygens (including phenoxy) is 2. The molecule has 1 amide bonds. The number of nitrogens with one attached hydrogen (secondary N) is 1. The van der Waals surface area contributed by atoms with Crippen molar-refractivity contribution in [3.8, 4) is 0 Å². The number of rotatable bonds is 5. The molecular formula is C13H23N3O4. The molecule has 2 rings (SSSR count). The summed E-state index contributed by atoms with van der Waals surface area (Å²) in [5.74, 6) is -0.218. The van der Waals surface area contributed by atoms with Crippen LogP contribution in [0.15, 0.2) is 5.16 Å². The summed E-state index contributed by atoms with van der Waals surface area (Å²) in [5.41, 5.74) is 4.80. The molecule has 7 nitrogen and oxygen atoms in total. The Hall–Kier alpha value is -1.34. The van der Waals surface area contributed by atoms with E-state index in [9.17, 15) is 4.79 Å². The lowest BCUT2D eigenvalue weighted by atomic mass is 9.78. The van der Waals surface area contributed by atoms with E-state index in [-0.39, 0.29) is 17.8 Å². The molecule has 1 atom stereocenters. The fourth-order valence-electron chi connectivity index (χ4n) is 2.80. The normalized spacial score (nSPS) is 26.4. The summed E-state index contributed by atoms with van der Waals surface area (Å²) >= 11 is 0. The van der Waals surface area contributed by atoms with Gasteiger partial charge in [-0.1, -0.05) is 5.16 Å². The van der Waals surface area contributed by atoms with Gasteiger partial charge < -0.3 is 25.7 Å². The van der Waals surface area contributed by atoms with Crippen molar-refractivity contribution < 1.29 is 19.5 Å². The molecule has 0 radical (unpaired) electrons. The first-order valence-electron chi connectivity index (χ1n) is 7.15. The highest BCUT2D eigenvalue weighted by atomic mass is 16.5. The first-order chi connectivity index (χ1) is 9.69. The van der Waals surface area contributed by atoms with Crippen molar-refractivity contribution in [1.82, 2.24) is 5.32 Å². The van der Waals surface area contributed by atoms with Gasteiger partial charge in [-0.25, -0.2) is 0 Å². The average Bonchev–Trinajstić information content (AvgIpc) is 3.00. The van der Waals surface area contributed by atoms with Crippen molar-refractivity contribution in [2.75, 3.05) is 26.4 Å². The van der Waals surface area contributed by atoms with Crippen molar-refractivity contribution in [3.63, 3.8) is 0 Å². The average molecular weight is 285 g/mol. The van der Waals surface area contributed by atoms with Gasteiger partial charge in [0.25, 0.3) is 0 Å². The highest BCUT2D eigenvalue weighted by Crippen LogP contribution is 2.31. The first-order valence-corrected chi connectivity index (χ1v) is 7.15. The van der Waals surface area contributed by atoms with Gasteiger partial charge in [0.05, 0.1) is 6.10 Å². The van der Waals surface area contributed by atoms with Crippen LogP contribution >= 0.6 is 0 Å². The van der Waals surface area contributed by atoms with Crippen molar-refractivity contribution in [3.05, 3.63) is 0 Å². The first kappa shape index (κ1) is 15.1. The quantitative estimate of drug-likeness (QED) is 0.290. The van der Waals surface area contributed by atoms with E-state index in [1.54, 1.807) is 0 Å². The van der Waals surface area contributed by atoms with E-state index in [0.717, 1.165) is 25.9 Å². The van der Waals surface area contributed by atoms with Crippen LogP contribution in [0.2, 0.25) is 0 Å². The molecule has 0 aromatic heterocycles. The molecule has 2 saturated heterocycles. The summed E-state index contributed by atoms with van der Waals surface area (Å²) in [4.78, 5) is 12.4. The summed E-state index contributed by atoms with van der Waals surface area (Å²) in [6.45, 7) is 2.24. The predicted molar refractivity (Wildman–Crippen MR) is 72.5 cm³/mol. The summed E-state index contributed by atoms with van der Waals surface area (Å²) in [6.07, 6.45) is 4.06. The SMILES string of the molecule is NC(=NO)C1(C(=O)NCCC2CCCO2)CCOCC1. The molecule has 0 spiro atoms. The minimum Gasteiger partial charge on any atom is -0.409 e. The Bertz CT molecular complexity index is 361. The van der Waals surface area contributed by atoms with Gasteiger partial charge in [0.2, 0.25) is 5.91 Å². The lowest BCUT2D eigenvalue weighted by molar-refractivity contribution is -0.131. The van der Waals surface area contributed by atoms with Crippen LogP contribution in [0.4, 0.5) is 0 Å². The zero-order chi connectivity index (χ0) is 14.4. The van der Waals surface area contributed by atoms with E-state index >= 15 is 0 Å². The molecule has 7 heteroatoms. The molecular weight excluding hydrogens is 262 g/mol. The fourth-order valence-corrected chi connectivity index (χ4v) is 2.80. The van der Waals surface area contributed by atoms with E-state index in [0.29, 0.717) is 32.6 Å². The van der Waals surface area contributed by atoms with Crippen LogP contribution in [-0.4, -0.2) is 49.4 Å². The summed E-state index contributed by atoms with van der Waals surface area (Å²) in [7, 11) is 0. The lowest BCUT2D eigenvalue weighted by Crippen LogP contribution is -2.53. The van der Waals surface area contributed by atoms with Crippen molar-refractivity contribution in [1.29, 1.82) is 0 Å². The molecule has 0 aliphatic carbocycles. The molecule has 20 heavy (non-hydrogen) atoms. The Labute approximate surface area is 118 Å². The topological polar surface area (TPSA) is 106 Å². The Morgan fingerprint density at radius 2 is 2.15 bits per heavy atom. The third-order valence-corrected chi connectivity index (χ3v) is 4.15. The molecule has 0 aromatic carbocycles. The van der Waals surface area contributed by atoms with Gasteiger partial charge >= 0.3 is 0 Å². The fraction of sp³-hybridized carbons (Fsp3) is 0.846. The second-order valence-electron chi connectivity index (χ2n) is 5.36. The molecule has 2 fully saturated rings. The smallest absolute Gasteiger partial charge is 0.234 e. The highest BCUT2D eigenvalue weighted by Gasteiger charge is 2.44. The Morgan fingerprint density at radius 3 is 2.75 bits per heavy atom. The van der Waals surface area contributed by atoms with Crippen molar-refractivity contribution >= 4 is 11.7 Å². The number of carbonyl (C=O) groups excluding carboxylic acids is 1. The maximum absolute atomic E-state index is 12.4. The third kappa shape index (κ3) is 3.21. The van der Waals surface area contributed by atoms with E-state index in [1.165, 1.54) is 0 Å². The zero-order valence-corrected chi connectivity index (χ0v) is 11.6. The van der Waals surface area contributed by atoms with Gasteiger partial charge in [0.1, 0.15) is 5.41 Å². The molecule has 0 aromatic rings. The van der Waals surface area contributed by atoms with Crippen LogP contribution in [0.5, 0.6) is 0 Å². The van der Waals surface area contributed by atoms with E-state index in [1.807, 2.05) is 0 Å². The van der Waals surface area contributed by atoms with E-state index in [2.05, 4.69) is 10.5 Å². The van der Waals surface area contributed by atoms with Crippen LogP contribution < -0.4 is 11.1 Å². The number of nitrogens with zero attached hydrogens (tertiary/aromatic N) is 1. The number of hydrogen-bond donors (Lipinski definition) is 3. The Morgan fingerprint density at radius 1 is 1.40 bits per heavy atom. The van der Waals surface area contributed by atoms with Gasteiger partial charge in [-0.3, -0.25) is 4.79 Å². The minimum absolute atomic E-state index is 0.0320. The van der Waals surface area contributed by atoms with Gasteiger partial charge in [-0.05, 0) is 32.1 Å². The maximum atomic E-state index is 12.4. The standard InChI is InChI=1S/C13H23N3O4/c14-11(16-18)13(4-8-19-9-5-13)12(17)15-6-3-10-2-1-7-20-10/h10,18H,1-9H2,(H2,14,16)(H,15,17). The van der Waals surface area contributed by atoms with Gasteiger partial charge in [0.15, 0.2) is 5.84 Å². The second-order valence-corrected chi connectivity index (χ2v) is 5.36. The van der Waals surface area contributed by atoms with Gasteiger partial charge in [-0.2, -0.15) is 0 Å². The van der Waals surface area contributed by atoms with Crippen molar-refractivity contribution in [2.45, 2.75) is 38.2 Å². The lowest BCUT2D eigenvalue weighted by Gasteiger charge is -2.34. The minimum atomic E-state index is -0.941. The molecule has 2 aliphatic heterocycles. The third-order valence-electron chi connectivity index (χ3n) is 4.15. The number of oxime groups is 1. The number of amidine groups is 1. The van der Waals surface area contributed by atoms with Crippen LogP contribution in [0, 0.1) is 5.41 Å². The summed E-state index contributed by atoms with van der Waals surface area (Å²) < 4.78 is 10.8. The van der Waals surface area contributed by atoms with E-state index in [4.69, 9.17) is 20.4 Å². The molecule has 0 bridgehead atoms. The molecule has 2 heterocycles. The monoisotopic (exact) mass is 285 g/mol. The molecule has 0 saturated carbocycles. The Balaban J connectivity index is 1.89. The van der Waals surface area contributed by atoms with Crippen LogP contribution in [-0.2, 0) is 14.3 Å². The molecule has 2 aliphatic rings. The maximum Gasteiger partial charge on any atom is 0.234 e. The number of hydrogen-bond acceptors (Lipinski definition) is 5. The van der Waals surface area contributed by atoms with E-state index < -0.39 is 5.41 Å². The predicted octanol–water partition coefficient (Wildman–Crippen LogP) is 0.215. The van der Waals surface area contributed by atoms with Crippen LogP contribution in [0.1, 0.15) is 32.1 Å². The molecule has 4 N–H and O–H groups in total.